The van der Waals surface area contributed by atoms with Crippen molar-refractivity contribution >= 4 is 11.8 Å². The number of hydrogen-bond acceptors (Lipinski definition) is 5. The van der Waals surface area contributed by atoms with Gasteiger partial charge in [0.05, 0.1) is 19.3 Å². The van der Waals surface area contributed by atoms with E-state index in [4.69, 9.17) is 9.47 Å². The number of aryl methyl sites for hydroxylation is 1. The first-order valence-corrected chi connectivity index (χ1v) is 9.60. The van der Waals surface area contributed by atoms with Crippen LogP contribution in [0.2, 0.25) is 0 Å². The molecule has 0 saturated carbocycles. The van der Waals surface area contributed by atoms with Crippen LogP contribution in [0, 0.1) is 6.92 Å². The lowest BCUT2D eigenvalue weighted by molar-refractivity contribution is 0.343. The van der Waals surface area contributed by atoms with Crippen molar-refractivity contribution in [3.05, 3.63) is 54.1 Å². The average molecular weight is 369 g/mol. The summed E-state index contributed by atoms with van der Waals surface area (Å²) < 4.78 is 13.3. The van der Waals surface area contributed by atoms with E-state index in [1.807, 2.05) is 36.4 Å². The summed E-state index contributed by atoms with van der Waals surface area (Å²) in [7, 11) is 1.67. The summed E-state index contributed by atoms with van der Waals surface area (Å²) in [6.45, 7) is 5.57. The third-order valence-corrected chi connectivity index (χ3v) is 4.92. The van der Waals surface area contributed by atoms with Gasteiger partial charge in [0.1, 0.15) is 11.5 Å². The Kier molecular flexibility index (Phi) is 6.17. The Balaban J connectivity index is 1.65. The van der Waals surface area contributed by atoms with Gasteiger partial charge in [-0.3, -0.25) is 0 Å². The molecule has 136 valence electrons. The maximum Gasteiger partial charge on any atom is 0.191 e. The van der Waals surface area contributed by atoms with Gasteiger partial charge in [-0.15, -0.1) is 10.2 Å². The van der Waals surface area contributed by atoms with Crippen LogP contribution in [0.25, 0.3) is 11.4 Å². The monoisotopic (exact) mass is 369 g/mol. The minimum absolute atomic E-state index is 0.619. The lowest BCUT2D eigenvalue weighted by Crippen LogP contribution is -2.04. The first kappa shape index (κ1) is 18.3. The molecule has 5 nitrogen and oxygen atoms in total. The fraction of sp³-hybridized carbons (Fsp3) is 0.300. The highest BCUT2D eigenvalue weighted by Gasteiger charge is 2.16. The summed E-state index contributed by atoms with van der Waals surface area (Å²) in [4.78, 5) is 0. The molecule has 0 amide bonds. The van der Waals surface area contributed by atoms with E-state index >= 15 is 0 Å². The maximum atomic E-state index is 5.79. The highest BCUT2D eigenvalue weighted by atomic mass is 32.2. The summed E-state index contributed by atoms with van der Waals surface area (Å²) in [5.74, 6) is 3.32. The van der Waals surface area contributed by atoms with E-state index < -0.39 is 0 Å². The van der Waals surface area contributed by atoms with Gasteiger partial charge in [0.2, 0.25) is 0 Å². The van der Waals surface area contributed by atoms with Gasteiger partial charge in [-0.25, -0.2) is 0 Å². The number of aromatic nitrogens is 3. The number of ether oxygens (including phenoxy) is 2. The minimum Gasteiger partial charge on any atom is -0.496 e. The quantitative estimate of drug-likeness (QED) is 0.434. The minimum atomic E-state index is 0.619. The summed E-state index contributed by atoms with van der Waals surface area (Å²) in [6.07, 6.45) is 0. The van der Waals surface area contributed by atoms with Crippen molar-refractivity contribution in [2.45, 2.75) is 25.5 Å². The van der Waals surface area contributed by atoms with Crippen LogP contribution >= 0.6 is 11.8 Å². The molecule has 0 aliphatic carbocycles. The third kappa shape index (κ3) is 4.19. The Hall–Kier alpha value is -2.47. The second kappa shape index (κ2) is 8.76. The normalized spacial score (nSPS) is 10.7. The molecule has 0 spiro atoms. The van der Waals surface area contributed by atoms with Crippen molar-refractivity contribution in [3.8, 4) is 22.9 Å². The molecule has 0 N–H and O–H groups in total. The van der Waals surface area contributed by atoms with Gasteiger partial charge < -0.3 is 14.0 Å². The van der Waals surface area contributed by atoms with E-state index in [0.717, 1.165) is 40.3 Å². The molecule has 3 aromatic rings. The highest BCUT2D eigenvalue weighted by molar-refractivity contribution is 7.99. The summed E-state index contributed by atoms with van der Waals surface area (Å²) in [6, 6.07) is 16.0. The van der Waals surface area contributed by atoms with Crippen LogP contribution in [0.4, 0.5) is 0 Å². The Morgan fingerprint density at radius 1 is 1.04 bits per heavy atom. The molecule has 0 saturated heterocycles. The van der Waals surface area contributed by atoms with Crippen LogP contribution in [0.1, 0.15) is 12.5 Å². The molecule has 0 atom stereocenters. The van der Waals surface area contributed by atoms with Gasteiger partial charge in [0.15, 0.2) is 11.0 Å². The summed E-state index contributed by atoms with van der Waals surface area (Å²) in [5.41, 5.74) is 2.18. The van der Waals surface area contributed by atoms with Crippen molar-refractivity contribution < 1.29 is 9.47 Å². The molecule has 3 rings (SSSR count). The molecule has 0 radical (unpaired) electrons. The topological polar surface area (TPSA) is 49.2 Å². The summed E-state index contributed by atoms with van der Waals surface area (Å²) in [5, 5.41) is 9.63. The molecule has 0 unspecified atom stereocenters. The Morgan fingerprint density at radius 3 is 2.54 bits per heavy atom. The molecule has 6 heteroatoms. The largest absolute Gasteiger partial charge is 0.496 e. The number of nitrogens with zero attached hydrogens (tertiary/aromatic N) is 3. The van der Waals surface area contributed by atoms with Crippen LogP contribution in [-0.4, -0.2) is 34.2 Å². The van der Waals surface area contributed by atoms with E-state index in [1.165, 1.54) is 5.56 Å². The van der Waals surface area contributed by atoms with E-state index in [1.54, 1.807) is 18.9 Å². The average Bonchev–Trinajstić information content (AvgIpc) is 3.09. The van der Waals surface area contributed by atoms with Gasteiger partial charge in [-0.1, -0.05) is 41.6 Å². The Morgan fingerprint density at radius 2 is 1.81 bits per heavy atom. The molecular formula is C20H23N3O2S. The van der Waals surface area contributed by atoms with Crippen LogP contribution in [0.15, 0.2) is 53.7 Å². The van der Waals surface area contributed by atoms with Crippen LogP contribution in [0.3, 0.4) is 0 Å². The predicted octanol–water partition coefficient (Wildman–Crippen LogP) is 4.45. The fourth-order valence-electron chi connectivity index (χ4n) is 2.64. The zero-order chi connectivity index (χ0) is 18.4. The van der Waals surface area contributed by atoms with E-state index in [-0.39, 0.29) is 0 Å². The fourth-order valence-corrected chi connectivity index (χ4v) is 3.46. The van der Waals surface area contributed by atoms with Crippen LogP contribution in [0.5, 0.6) is 11.5 Å². The molecule has 1 aromatic heterocycles. The second-order valence-corrected chi connectivity index (χ2v) is 6.82. The standard InChI is InChI=1S/C20H23N3O2S/c1-4-23-19(17-7-5-6-8-18(17)24-3)21-22-20(23)26-14-13-25-16-11-9-15(2)10-12-16/h5-12H,4,13-14H2,1-3H3. The molecule has 0 aliphatic rings. The zero-order valence-corrected chi connectivity index (χ0v) is 16.1. The summed E-state index contributed by atoms with van der Waals surface area (Å²) >= 11 is 1.65. The van der Waals surface area contributed by atoms with Crippen LogP contribution < -0.4 is 9.47 Å². The van der Waals surface area contributed by atoms with Gasteiger partial charge in [-0.2, -0.15) is 0 Å². The smallest absolute Gasteiger partial charge is 0.191 e. The zero-order valence-electron chi connectivity index (χ0n) is 15.3. The van der Waals surface area contributed by atoms with Crippen molar-refractivity contribution in [3.63, 3.8) is 0 Å². The maximum absolute atomic E-state index is 5.79. The predicted molar refractivity (Wildman–Crippen MR) is 105 cm³/mol. The molecule has 0 bridgehead atoms. The van der Waals surface area contributed by atoms with Gasteiger partial charge >= 0.3 is 0 Å². The third-order valence-electron chi connectivity index (χ3n) is 3.99. The number of para-hydroxylation sites is 1. The first-order valence-electron chi connectivity index (χ1n) is 8.61. The van der Waals surface area contributed by atoms with E-state index in [9.17, 15) is 0 Å². The molecule has 0 aliphatic heterocycles. The second-order valence-electron chi connectivity index (χ2n) is 5.76. The van der Waals surface area contributed by atoms with Gasteiger partial charge in [-0.05, 0) is 38.1 Å². The Labute approximate surface area is 158 Å². The Bertz CT molecular complexity index is 847. The van der Waals surface area contributed by atoms with Gasteiger partial charge in [0, 0.05) is 12.3 Å². The molecular weight excluding hydrogens is 346 g/mol. The molecule has 2 aromatic carbocycles. The number of benzene rings is 2. The number of hydrogen-bond donors (Lipinski definition) is 0. The van der Waals surface area contributed by atoms with Crippen LogP contribution in [-0.2, 0) is 6.54 Å². The van der Waals surface area contributed by atoms with Crippen molar-refractivity contribution in [1.82, 2.24) is 14.8 Å². The van der Waals surface area contributed by atoms with Crippen molar-refractivity contribution in [2.75, 3.05) is 19.5 Å². The number of rotatable bonds is 8. The molecule has 1 heterocycles. The SMILES string of the molecule is CCn1c(SCCOc2ccc(C)cc2)nnc1-c1ccccc1OC. The molecule has 0 fully saturated rings. The van der Waals surface area contributed by atoms with Gasteiger partial charge in [0.25, 0.3) is 0 Å². The number of methoxy groups -OCH3 is 1. The van der Waals surface area contributed by atoms with E-state index in [2.05, 4.69) is 40.7 Å². The lowest BCUT2D eigenvalue weighted by Gasteiger charge is -2.10. The van der Waals surface area contributed by atoms with E-state index in [0.29, 0.717) is 6.61 Å². The van der Waals surface area contributed by atoms with Crippen molar-refractivity contribution in [1.29, 1.82) is 0 Å². The lowest BCUT2D eigenvalue weighted by atomic mass is 10.2. The number of thioether (sulfide) groups is 1. The highest BCUT2D eigenvalue weighted by Crippen LogP contribution is 2.30. The van der Waals surface area contributed by atoms with Crippen molar-refractivity contribution in [2.24, 2.45) is 0 Å². The first-order chi connectivity index (χ1) is 12.7. The molecule has 26 heavy (non-hydrogen) atoms.